The van der Waals surface area contributed by atoms with E-state index < -0.39 is 15.9 Å². The average Bonchev–Trinajstić information content (AvgIpc) is 2.67. The Balaban J connectivity index is 1.91. The van der Waals surface area contributed by atoms with Gasteiger partial charge in [0.15, 0.2) is 0 Å². The molecule has 6 nitrogen and oxygen atoms in total. The number of sulfonamides is 1. The number of ether oxygens (including phenoxy) is 1. The molecule has 0 heterocycles. The lowest BCUT2D eigenvalue weighted by atomic mass is 10.1. The lowest BCUT2D eigenvalue weighted by Gasteiger charge is -2.14. The number of anilines is 2. The van der Waals surface area contributed by atoms with E-state index in [1.54, 1.807) is 55.5 Å². The van der Waals surface area contributed by atoms with E-state index in [0.29, 0.717) is 22.7 Å². The van der Waals surface area contributed by atoms with Crippen molar-refractivity contribution in [2.75, 3.05) is 17.1 Å². The molecular weight excluding hydrogens is 400 g/mol. The minimum atomic E-state index is -3.87. The summed E-state index contributed by atoms with van der Waals surface area (Å²) in [6.45, 7) is 5.50. The van der Waals surface area contributed by atoms with Crippen molar-refractivity contribution in [2.45, 2.75) is 25.7 Å². The highest BCUT2D eigenvalue weighted by atomic mass is 32.2. The van der Waals surface area contributed by atoms with Gasteiger partial charge in [-0.05, 0) is 73.9 Å². The predicted molar refractivity (Wildman–Crippen MR) is 119 cm³/mol. The quantitative estimate of drug-likeness (QED) is 0.602. The van der Waals surface area contributed by atoms with E-state index in [0.717, 1.165) is 11.1 Å². The second-order valence-corrected chi connectivity index (χ2v) is 8.77. The number of hydrogen-bond donors (Lipinski definition) is 2. The number of rotatable bonds is 6. The Morgan fingerprint density at radius 2 is 1.57 bits per heavy atom. The summed E-state index contributed by atoms with van der Waals surface area (Å²) in [6.07, 6.45) is 0. The summed E-state index contributed by atoms with van der Waals surface area (Å²) in [6, 6.07) is 17.1. The second-order valence-electron chi connectivity index (χ2n) is 7.12. The minimum absolute atomic E-state index is 0.0503. The van der Waals surface area contributed by atoms with Crippen LogP contribution in [-0.2, 0) is 10.0 Å². The summed E-state index contributed by atoms with van der Waals surface area (Å²) in [7, 11) is -2.36. The predicted octanol–water partition coefficient (Wildman–Crippen LogP) is 4.67. The number of carbonyl (C=O) groups is 1. The Morgan fingerprint density at radius 3 is 2.23 bits per heavy atom. The van der Waals surface area contributed by atoms with E-state index in [1.165, 1.54) is 13.2 Å². The number of carbonyl (C=O) groups excluding carboxylic acids is 1. The molecule has 3 aromatic carbocycles. The third kappa shape index (κ3) is 4.80. The van der Waals surface area contributed by atoms with Crippen molar-refractivity contribution < 1.29 is 17.9 Å². The van der Waals surface area contributed by atoms with Crippen LogP contribution in [0.15, 0.2) is 65.6 Å². The number of amides is 1. The van der Waals surface area contributed by atoms with Crippen molar-refractivity contribution in [3.8, 4) is 5.75 Å². The van der Waals surface area contributed by atoms with Crippen molar-refractivity contribution in [2.24, 2.45) is 0 Å². The molecule has 0 unspecified atom stereocenters. The van der Waals surface area contributed by atoms with Gasteiger partial charge in [0.05, 0.1) is 17.7 Å². The molecule has 0 aromatic heterocycles. The Labute approximate surface area is 177 Å². The zero-order valence-electron chi connectivity index (χ0n) is 17.3. The lowest BCUT2D eigenvalue weighted by Crippen LogP contribution is -2.17. The molecule has 3 aromatic rings. The Hall–Kier alpha value is -3.32. The fourth-order valence-corrected chi connectivity index (χ4v) is 4.53. The highest BCUT2D eigenvalue weighted by Crippen LogP contribution is 2.26. The van der Waals surface area contributed by atoms with Crippen LogP contribution in [0.25, 0.3) is 0 Å². The van der Waals surface area contributed by atoms with E-state index in [2.05, 4.69) is 10.0 Å². The van der Waals surface area contributed by atoms with E-state index in [1.807, 2.05) is 19.9 Å². The highest BCUT2D eigenvalue weighted by molar-refractivity contribution is 7.92. The summed E-state index contributed by atoms with van der Waals surface area (Å²) < 4.78 is 33.9. The second kappa shape index (κ2) is 8.59. The molecule has 2 N–H and O–H groups in total. The van der Waals surface area contributed by atoms with Gasteiger partial charge in [0.25, 0.3) is 15.9 Å². The first-order valence-electron chi connectivity index (χ1n) is 9.36. The van der Waals surface area contributed by atoms with Gasteiger partial charge in [-0.1, -0.05) is 24.3 Å². The van der Waals surface area contributed by atoms with Gasteiger partial charge in [-0.15, -0.1) is 0 Å². The number of benzene rings is 3. The first-order chi connectivity index (χ1) is 14.2. The van der Waals surface area contributed by atoms with E-state index in [-0.39, 0.29) is 10.5 Å². The topological polar surface area (TPSA) is 84.5 Å². The summed E-state index contributed by atoms with van der Waals surface area (Å²) in [5, 5.41) is 2.76. The van der Waals surface area contributed by atoms with Crippen LogP contribution in [0.1, 0.15) is 27.0 Å². The molecule has 0 aliphatic rings. The molecule has 0 bridgehead atoms. The molecule has 0 fully saturated rings. The molecule has 0 saturated heterocycles. The minimum Gasteiger partial charge on any atom is -0.495 e. The molecule has 156 valence electrons. The lowest BCUT2D eigenvalue weighted by molar-refractivity contribution is 0.102. The fourth-order valence-electron chi connectivity index (χ4n) is 3.22. The van der Waals surface area contributed by atoms with Crippen LogP contribution < -0.4 is 14.8 Å². The van der Waals surface area contributed by atoms with E-state index in [9.17, 15) is 13.2 Å². The smallest absolute Gasteiger partial charge is 0.262 e. The molecular formula is C23H24N2O4S. The van der Waals surface area contributed by atoms with Crippen LogP contribution in [0.2, 0.25) is 0 Å². The maximum absolute atomic E-state index is 13.0. The number of aryl methyl sites for hydroxylation is 3. The summed E-state index contributed by atoms with van der Waals surface area (Å²) in [5.74, 6) is 0.0876. The molecule has 0 atom stereocenters. The molecule has 7 heteroatoms. The van der Waals surface area contributed by atoms with Crippen molar-refractivity contribution in [3.05, 3.63) is 82.9 Å². The van der Waals surface area contributed by atoms with Crippen molar-refractivity contribution in [3.63, 3.8) is 0 Å². The molecule has 0 aliphatic heterocycles. The number of hydrogen-bond acceptors (Lipinski definition) is 4. The summed E-state index contributed by atoms with van der Waals surface area (Å²) in [5.41, 5.74) is 3.66. The first kappa shape index (κ1) is 21.4. The Kier molecular flexibility index (Phi) is 6.12. The van der Waals surface area contributed by atoms with Gasteiger partial charge < -0.3 is 10.1 Å². The van der Waals surface area contributed by atoms with Gasteiger partial charge >= 0.3 is 0 Å². The monoisotopic (exact) mass is 424 g/mol. The van der Waals surface area contributed by atoms with E-state index in [4.69, 9.17) is 4.74 Å². The van der Waals surface area contributed by atoms with Crippen LogP contribution in [0.5, 0.6) is 5.75 Å². The molecule has 3 rings (SSSR count). The SMILES string of the molecule is COc1ccccc1NC(=O)c1ccc(C)c(S(=O)(=O)Nc2cc(C)cc(C)c2)c1. The van der Waals surface area contributed by atoms with Gasteiger partial charge in [-0.2, -0.15) is 0 Å². The van der Waals surface area contributed by atoms with Crippen LogP contribution >= 0.6 is 0 Å². The summed E-state index contributed by atoms with van der Waals surface area (Å²) in [4.78, 5) is 12.8. The normalized spacial score (nSPS) is 11.1. The molecule has 0 radical (unpaired) electrons. The third-order valence-corrected chi connectivity index (χ3v) is 6.09. The zero-order valence-corrected chi connectivity index (χ0v) is 18.1. The largest absolute Gasteiger partial charge is 0.495 e. The maximum Gasteiger partial charge on any atom is 0.262 e. The number of methoxy groups -OCH3 is 1. The zero-order chi connectivity index (χ0) is 21.9. The molecule has 0 saturated carbocycles. The van der Waals surface area contributed by atoms with Crippen LogP contribution in [0.4, 0.5) is 11.4 Å². The van der Waals surface area contributed by atoms with Crippen LogP contribution in [-0.4, -0.2) is 21.4 Å². The van der Waals surface area contributed by atoms with Crippen LogP contribution in [0, 0.1) is 20.8 Å². The maximum atomic E-state index is 13.0. The van der Waals surface area contributed by atoms with Crippen LogP contribution in [0.3, 0.4) is 0 Å². The standard InChI is InChI=1S/C23H24N2O4S/c1-15-11-16(2)13-19(12-15)25-30(27,28)22-14-18(10-9-17(22)3)23(26)24-20-7-5-6-8-21(20)29-4/h5-14,25H,1-4H3,(H,24,26). The summed E-state index contributed by atoms with van der Waals surface area (Å²) >= 11 is 0. The van der Waals surface area contributed by atoms with Gasteiger partial charge in [0.1, 0.15) is 5.75 Å². The van der Waals surface area contributed by atoms with E-state index >= 15 is 0 Å². The number of nitrogens with one attached hydrogen (secondary N) is 2. The van der Waals surface area contributed by atoms with Crippen molar-refractivity contribution in [1.29, 1.82) is 0 Å². The molecule has 0 spiro atoms. The van der Waals surface area contributed by atoms with Gasteiger partial charge in [-0.25, -0.2) is 8.42 Å². The first-order valence-corrected chi connectivity index (χ1v) is 10.8. The average molecular weight is 425 g/mol. The van der Waals surface area contributed by atoms with Gasteiger partial charge in [-0.3, -0.25) is 9.52 Å². The van der Waals surface area contributed by atoms with Gasteiger partial charge in [0.2, 0.25) is 0 Å². The molecule has 30 heavy (non-hydrogen) atoms. The van der Waals surface area contributed by atoms with Crippen molar-refractivity contribution in [1.82, 2.24) is 0 Å². The third-order valence-electron chi connectivity index (χ3n) is 4.57. The number of para-hydroxylation sites is 2. The fraction of sp³-hybridized carbons (Fsp3) is 0.174. The van der Waals surface area contributed by atoms with Crippen molar-refractivity contribution >= 4 is 27.3 Å². The Bertz CT molecular complexity index is 1180. The molecule has 0 aliphatic carbocycles. The Morgan fingerprint density at radius 1 is 0.900 bits per heavy atom. The molecule has 1 amide bonds. The van der Waals surface area contributed by atoms with Gasteiger partial charge in [0, 0.05) is 11.3 Å². The highest BCUT2D eigenvalue weighted by Gasteiger charge is 2.20.